The smallest absolute Gasteiger partial charge is 0.228 e. The number of rotatable bonds is 9. The maximum absolute atomic E-state index is 12.9. The highest BCUT2D eigenvalue weighted by Crippen LogP contribution is 2.23. The number of benzene rings is 1. The molecular formula is C24H31N3O. The molecule has 1 N–H and O–H groups in total. The van der Waals surface area contributed by atoms with E-state index >= 15 is 0 Å². The fourth-order valence-electron chi connectivity index (χ4n) is 3.60. The van der Waals surface area contributed by atoms with Crippen molar-refractivity contribution in [2.75, 3.05) is 5.32 Å². The van der Waals surface area contributed by atoms with E-state index < -0.39 is 0 Å². The third kappa shape index (κ3) is 4.80. The van der Waals surface area contributed by atoms with Gasteiger partial charge in [0, 0.05) is 12.1 Å². The standard InChI is InChI=1S/C24H31N3O/c1-4-6-12-20(5-2)24(28)26-23-21(14-13-19-10-8-7-9-11-19)25-22-17-18(3)15-16-27(22)23/h7-11,15-17,20H,4-6,12-14H2,1-3H3,(H,26,28)/t20-/m0/s1. The summed E-state index contributed by atoms with van der Waals surface area (Å²) in [5, 5.41) is 3.21. The first-order valence-electron chi connectivity index (χ1n) is 10.4. The van der Waals surface area contributed by atoms with Crippen molar-refractivity contribution in [1.82, 2.24) is 9.38 Å². The normalized spacial score (nSPS) is 12.2. The second-order valence-electron chi connectivity index (χ2n) is 7.56. The Labute approximate surface area is 168 Å². The van der Waals surface area contributed by atoms with Crippen LogP contribution in [0.3, 0.4) is 0 Å². The van der Waals surface area contributed by atoms with E-state index in [1.54, 1.807) is 0 Å². The number of nitrogens with one attached hydrogen (secondary N) is 1. The summed E-state index contributed by atoms with van der Waals surface area (Å²) in [6.45, 7) is 6.32. The molecule has 4 heteroatoms. The number of fused-ring (bicyclic) bond motifs is 1. The lowest BCUT2D eigenvalue weighted by atomic mass is 9.98. The van der Waals surface area contributed by atoms with Crippen molar-refractivity contribution in [1.29, 1.82) is 0 Å². The first-order chi connectivity index (χ1) is 13.6. The van der Waals surface area contributed by atoms with Crippen molar-refractivity contribution in [3.8, 4) is 0 Å². The summed E-state index contributed by atoms with van der Waals surface area (Å²) in [6, 6.07) is 14.5. The van der Waals surface area contributed by atoms with Gasteiger partial charge < -0.3 is 5.32 Å². The quantitative estimate of drug-likeness (QED) is 0.529. The lowest BCUT2D eigenvalue weighted by molar-refractivity contribution is -0.120. The minimum Gasteiger partial charge on any atom is -0.310 e. The summed E-state index contributed by atoms with van der Waals surface area (Å²) >= 11 is 0. The van der Waals surface area contributed by atoms with Gasteiger partial charge in [0.1, 0.15) is 11.5 Å². The van der Waals surface area contributed by atoms with Gasteiger partial charge in [-0.3, -0.25) is 9.20 Å². The summed E-state index contributed by atoms with van der Waals surface area (Å²) in [5.41, 5.74) is 4.29. The highest BCUT2D eigenvalue weighted by atomic mass is 16.2. The molecule has 0 fully saturated rings. The molecule has 0 radical (unpaired) electrons. The van der Waals surface area contributed by atoms with E-state index in [1.807, 2.05) is 16.7 Å². The first kappa shape index (κ1) is 20.1. The zero-order chi connectivity index (χ0) is 19.9. The van der Waals surface area contributed by atoms with Crippen LogP contribution in [0.5, 0.6) is 0 Å². The van der Waals surface area contributed by atoms with E-state index in [2.05, 4.69) is 62.5 Å². The molecule has 0 aliphatic carbocycles. The SMILES string of the molecule is CCCC[C@H](CC)C(=O)Nc1c(CCc2ccccc2)nc2cc(C)ccn12. The molecule has 1 aromatic carbocycles. The Balaban J connectivity index is 1.86. The average Bonchev–Trinajstić information content (AvgIpc) is 3.04. The number of pyridine rings is 1. The van der Waals surface area contributed by atoms with Crippen molar-refractivity contribution >= 4 is 17.4 Å². The second kappa shape index (κ2) is 9.54. The topological polar surface area (TPSA) is 46.4 Å². The van der Waals surface area contributed by atoms with Gasteiger partial charge in [-0.2, -0.15) is 0 Å². The number of nitrogens with zero attached hydrogens (tertiary/aromatic N) is 2. The number of hydrogen-bond donors (Lipinski definition) is 1. The molecule has 0 aliphatic heterocycles. The minimum atomic E-state index is 0.0536. The van der Waals surface area contributed by atoms with Gasteiger partial charge in [0.05, 0.1) is 5.69 Å². The molecule has 0 bridgehead atoms. The Bertz CT molecular complexity index is 914. The van der Waals surface area contributed by atoms with E-state index in [4.69, 9.17) is 4.98 Å². The number of carbonyl (C=O) groups is 1. The number of anilines is 1. The molecule has 1 atom stereocenters. The minimum absolute atomic E-state index is 0.0536. The molecule has 0 unspecified atom stereocenters. The summed E-state index contributed by atoms with van der Waals surface area (Å²) < 4.78 is 2.01. The monoisotopic (exact) mass is 377 g/mol. The van der Waals surface area contributed by atoms with E-state index in [9.17, 15) is 4.79 Å². The molecule has 2 heterocycles. The molecule has 0 spiro atoms. The summed E-state index contributed by atoms with van der Waals surface area (Å²) in [6.07, 6.45) is 7.70. The van der Waals surface area contributed by atoms with Gasteiger partial charge in [0.25, 0.3) is 0 Å². The molecule has 28 heavy (non-hydrogen) atoms. The Kier molecular flexibility index (Phi) is 6.85. The molecule has 3 aromatic rings. The number of aromatic nitrogens is 2. The van der Waals surface area contributed by atoms with Crippen LogP contribution in [0.4, 0.5) is 5.82 Å². The van der Waals surface area contributed by atoms with Crippen molar-refractivity contribution < 1.29 is 4.79 Å². The van der Waals surface area contributed by atoms with Crippen LogP contribution in [0.2, 0.25) is 0 Å². The van der Waals surface area contributed by atoms with Crippen LogP contribution in [0.25, 0.3) is 5.65 Å². The first-order valence-corrected chi connectivity index (χ1v) is 10.4. The van der Waals surface area contributed by atoms with Crippen LogP contribution >= 0.6 is 0 Å². The number of carbonyl (C=O) groups excluding carboxylic acids is 1. The van der Waals surface area contributed by atoms with Gasteiger partial charge in [-0.1, -0.05) is 57.0 Å². The maximum atomic E-state index is 12.9. The number of aryl methyl sites for hydroxylation is 3. The molecular weight excluding hydrogens is 346 g/mol. The van der Waals surface area contributed by atoms with Gasteiger partial charge in [-0.15, -0.1) is 0 Å². The number of hydrogen-bond acceptors (Lipinski definition) is 2. The van der Waals surface area contributed by atoms with E-state index in [0.29, 0.717) is 0 Å². The van der Waals surface area contributed by atoms with Crippen LogP contribution < -0.4 is 5.32 Å². The summed E-state index contributed by atoms with van der Waals surface area (Å²) in [7, 11) is 0. The molecule has 148 valence electrons. The Morgan fingerprint density at radius 3 is 2.64 bits per heavy atom. The largest absolute Gasteiger partial charge is 0.310 e. The number of imidazole rings is 1. The van der Waals surface area contributed by atoms with Crippen molar-refractivity contribution in [2.24, 2.45) is 5.92 Å². The van der Waals surface area contributed by atoms with E-state index in [0.717, 1.165) is 55.7 Å². The van der Waals surface area contributed by atoms with Gasteiger partial charge >= 0.3 is 0 Å². The molecule has 0 aliphatic rings. The molecule has 4 nitrogen and oxygen atoms in total. The van der Waals surface area contributed by atoms with Crippen LogP contribution in [-0.2, 0) is 17.6 Å². The van der Waals surface area contributed by atoms with Crippen molar-refractivity contribution in [2.45, 2.75) is 59.3 Å². The number of unbranched alkanes of at least 4 members (excludes halogenated alkanes) is 1. The fourth-order valence-corrected chi connectivity index (χ4v) is 3.60. The van der Waals surface area contributed by atoms with Crippen LogP contribution in [0.15, 0.2) is 48.7 Å². The lowest BCUT2D eigenvalue weighted by Gasteiger charge is -2.15. The Hall–Kier alpha value is -2.62. The highest BCUT2D eigenvalue weighted by Gasteiger charge is 2.20. The molecule has 1 amide bonds. The zero-order valence-electron chi connectivity index (χ0n) is 17.2. The summed E-state index contributed by atoms with van der Waals surface area (Å²) in [5.74, 6) is 0.989. The average molecular weight is 378 g/mol. The third-order valence-corrected chi connectivity index (χ3v) is 5.36. The predicted molar refractivity (Wildman–Crippen MR) is 116 cm³/mol. The zero-order valence-corrected chi connectivity index (χ0v) is 17.2. The Morgan fingerprint density at radius 1 is 1.14 bits per heavy atom. The third-order valence-electron chi connectivity index (χ3n) is 5.36. The molecule has 0 saturated carbocycles. The van der Waals surface area contributed by atoms with Gasteiger partial charge in [-0.25, -0.2) is 4.98 Å². The van der Waals surface area contributed by atoms with Crippen LogP contribution in [0.1, 0.15) is 56.4 Å². The molecule has 3 rings (SSSR count). The second-order valence-corrected chi connectivity index (χ2v) is 7.56. The van der Waals surface area contributed by atoms with Gasteiger partial charge in [-0.05, 0) is 55.9 Å². The van der Waals surface area contributed by atoms with E-state index in [-0.39, 0.29) is 11.8 Å². The van der Waals surface area contributed by atoms with Gasteiger partial charge in [0.15, 0.2) is 0 Å². The van der Waals surface area contributed by atoms with Crippen LogP contribution in [-0.4, -0.2) is 15.3 Å². The Morgan fingerprint density at radius 2 is 1.93 bits per heavy atom. The highest BCUT2D eigenvalue weighted by molar-refractivity contribution is 5.92. The van der Waals surface area contributed by atoms with E-state index in [1.165, 1.54) is 11.1 Å². The van der Waals surface area contributed by atoms with Crippen molar-refractivity contribution in [3.63, 3.8) is 0 Å². The van der Waals surface area contributed by atoms with Gasteiger partial charge in [0.2, 0.25) is 5.91 Å². The number of amides is 1. The van der Waals surface area contributed by atoms with Crippen LogP contribution in [0, 0.1) is 12.8 Å². The maximum Gasteiger partial charge on any atom is 0.228 e. The fraction of sp³-hybridized carbons (Fsp3) is 0.417. The lowest BCUT2D eigenvalue weighted by Crippen LogP contribution is -2.23. The molecule has 2 aromatic heterocycles. The summed E-state index contributed by atoms with van der Waals surface area (Å²) in [4.78, 5) is 17.8. The van der Waals surface area contributed by atoms with Crippen molar-refractivity contribution in [3.05, 3.63) is 65.5 Å². The molecule has 0 saturated heterocycles. The predicted octanol–water partition coefficient (Wildman–Crippen LogP) is 5.58.